The van der Waals surface area contributed by atoms with E-state index in [1.165, 1.54) is 13.4 Å². The largest absolute Gasteiger partial charge is 0.493 e. The van der Waals surface area contributed by atoms with Gasteiger partial charge in [0, 0.05) is 43.3 Å². The van der Waals surface area contributed by atoms with E-state index >= 15 is 0 Å². The Labute approximate surface area is 219 Å². The first-order valence-corrected chi connectivity index (χ1v) is 12.2. The van der Waals surface area contributed by atoms with Crippen molar-refractivity contribution in [2.24, 2.45) is 0 Å². The van der Waals surface area contributed by atoms with E-state index in [4.69, 9.17) is 23.6 Å². The fourth-order valence-electron chi connectivity index (χ4n) is 4.35. The molecule has 1 aliphatic heterocycles. The van der Waals surface area contributed by atoms with E-state index in [1.54, 1.807) is 48.4 Å². The maximum Gasteiger partial charge on any atom is 0.289 e. The van der Waals surface area contributed by atoms with Gasteiger partial charge in [-0.1, -0.05) is 12.1 Å². The highest BCUT2D eigenvalue weighted by atomic mass is 16.5. The molecule has 2 amide bonds. The van der Waals surface area contributed by atoms with Gasteiger partial charge in [0.2, 0.25) is 0 Å². The molecule has 4 aromatic rings. The number of carbonyl (C=O) groups excluding carboxylic acids is 2. The Morgan fingerprint density at radius 3 is 2.47 bits per heavy atom. The molecule has 2 aromatic heterocycles. The van der Waals surface area contributed by atoms with Gasteiger partial charge in [0.15, 0.2) is 23.9 Å². The summed E-state index contributed by atoms with van der Waals surface area (Å²) in [6.45, 7) is 2.22. The Morgan fingerprint density at radius 1 is 0.921 bits per heavy atom. The second kappa shape index (κ2) is 11.1. The third-order valence-electron chi connectivity index (χ3n) is 6.32. The van der Waals surface area contributed by atoms with Crippen LogP contribution in [0.2, 0.25) is 0 Å². The van der Waals surface area contributed by atoms with E-state index in [0.29, 0.717) is 60.4 Å². The van der Waals surface area contributed by atoms with Gasteiger partial charge in [-0.25, -0.2) is 4.98 Å². The lowest BCUT2D eigenvalue weighted by Gasteiger charge is -2.35. The number of amides is 2. The number of furan rings is 1. The highest BCUT2D eigenvalue weighted by molar-refractivity contribution is 5.93. The number of aromatic nitrogens is 1. The summed E-state index contributed by atoms with van der Waals surface area (Å²) < 4.78 is 21.6. The van der Waals surface area contributed by atoms with Crippen LogP contribution >= 0.6 is 0 Å². The van der Waals surface area contributed by atoms with Gasteiger partial charge in [-0.3, -0.25) is 9.59 Å². The molecule has 0 atom stereocenters. The maximum atomic E-state index is 12.6. The van der Waals surface area contributed by atoms with Crippen LogP contribution in [-0.2, 0) is 4.79 Å². The van der Waals surface area contributed by atoms with Crippen molar-refractivity contribution in [3.63, 3.8) is 0 Å². The fraction of sp³-hybridized carbons (Fsp3) is 0.250. The maximum absolute atomic E-state index is 12.6. The number of pyridine rings is 1. The third-order valence-corrected chi connectivity index (χ3v) is 6.32. The van der Waals surface area contributed by atoms with E-state index in [0.717, 1.165) is 11.2 Å². The number of anilines is 2. The van der Waals surface area contributed by atoms with Crippen molar-refractivity contribution in [3.05, 3.63) is 72.7 Å². The number of hydrogen-bond donors (Lipinski definition) is 1. The molecule has 1 aliphatic rings. The Kier molecular flexibility index (Phi) is 7.30. The molecule has 3 heterocycles. The molecular weight excluding hydrogens is 488 g/mol. The number of methoxy groups -OCH3 is 2. The molecule has 0 unspecified atom stereocenters. The summed E-state index contributed by atoms with van der Waals surface area (Å²) in [6.07, 6.45) is 1.50. The number of carbonyl (C=O) groups is 2. The quantitative estimate of drug-likeness (QED) is 0.377. The zero-order valence-corrected chi connectivity index (χ0v) is 21.2. The van der Waals surface area contributed by atoms with Gasteiger partial charge in [-0.05, 0) is 42.5 Å². The number of ether oxygens (including phenoxy) is 3. The number of fused-ring (bicyclic) bond motifs is 1. The van der Waals surface area contributed by atoms with Crippen molar-refractivity contribution in [3.8, 4) is 17.2 Å². The molecule has 10 heteroatoms. The molecular formula is C28H28N4O6. The molecule has 0 bridgehead atoms. The minimum absolute atomic E-state index is 0.108. The number of para-hydroxylation sites is 1. The minimum atomic E-state index is -0.317. The molecule has 1 N–H and O–H groups in total. The second-order valence-electron chi connectivity index (χ2n) is 8.66. The topological polar surface area (TPSA) is 106 Å². The molecule has 10 nitrogen and oxygen atoms in total. The molecule has 0 radical (unpaired) electrons. The Bertz CT molecular complexity index is 1430. The fourth-order valence-corrected chi connectivity index (χ4v) is 4.35. The van der Waals surface area contributed by atoms with Gasteiger partial charge in [-0.2, -0.15) is 0 Å². The highest BCUT2D eigenvalue weighted by Crippen LogP contribution is 2.30. The molecule has 0 spiro atoms. The van der Waals surface area contributed by atoms with Gasteiger partial charge in [-0.15, -0.1) is 0 Å². The number of rotatable bonds is 8. The zero-order valence-electron chi connectivity index (χ0n) is 21.2. The van der Waals surface area contributed by atoms with Crippen LogP contribution in [0.3, 0.4) is 0 Å². The number of benzene rings is 2. The van der Waals surface area contributed by atoms with Gasteiger partial charge in [0.25, 0.3) is 11.8 Å². The van der Waals surface area contributed by atoms with Crippen molar-refractivity contribution >= 4 is 34.2 Å². The average molecular weight is 517 g/mol. The van der Waals surface area contributed by atoms with Crippen LogP contribution in [0.5, 0.6) is 17.2 Å². The summed E-state index contributed by atoms with van der Waals surface area (Å²) in [4.78, 5) is 33.9. The molecule has 196 valence electrons. The first kappa shape index (κ1) is 24.9. The predicted octanol–water partition coefficient (Wildman–Crippen LogP) is 3.82. The van der Waals surface area contributed by atoms with Gasteiger partial charge in [0.05, 0.1) is 20.5 Å². The van der Waals surface area contributed by atoms with Crippen LogP contribution in [0.25, 0.3) is 10.9 Å². The first-order chi connectivity index (χ1) is 18.6. The van der Waals surface area contributed by atoms with E-state index in [9.17, 15) is 9.59 Å². The molecule has 0 aliphatic carbocycles. The predicted molar refractivity (Wildman–Crippen MR) is 142 cm³/mol. The van der Waals surface area contributed by atoms with Crippen molar-refractivity contribution in [2.45, 2.75) is 0 Å². The van der Waals surface area contributed by atoms with Crippen molar-refractivity contribution in [2.75, 3.05) is 57.2 Å². The minimum Gasteiger partial charge on any atom is -0.493 e. The molecule has 5 rings (SSSR count). The van der Waals surface area contributed by atoms with E-state index in [-0.39, 0.29) is 18.4 Å². The normalized spacial score (nSPS) is 13.3. The zero-order chi connectivity index (χ0) is 26.5. The van der Waals surface area contributed by atoms with Crippen LogP contribution in [0, 0.1) is 0 Å². The smallest absolute Gasteiger partial charge is 0.289 e. The van der Waals surface area contributed by atoms with Gasteiger partial charge >= 0.3 is 0 Å². The van der Waals surface area contributed by atoms with Crippen molar-refractivity contribution < 1.29 is 28.2 Å². The Morgan fingerprint density at radius 2 is 1.74 bits per heavy atom. The lowest BCUT2D eigenvalue weighted by molar-refractivity contribution is -0.118. The second-order valence-corrected chi connectivity index (χ2v) is 8.66. The molecule has 1 saturated heterocycles. The Balaban J connectivity index is 1.24. The van der Waals surface area contributed by atoms with E-state index < -0.39 is 0 Å². The number of nitrogens with one attached hydrogen (secondary N) is 1. The van der Waals surface area contributed by atoms with Gasteiger partial charge in [0.1, 0.15) is 17.1 Å². The highest BCUT2D eigenvalue weighted by Gasteiger charge is 2.24. The lowest BCUT2D eigenvalue weighted by atomic mass is 10.2. The monoisotopic (exact) mass is 516 g/mol. The average Bonchev–Trinajstić information content (AvgIpc) is 3.50. The summed E-state index contributed by atoms with van der Waals surface area (Å²) >= 11 is 0. The summed E-state index contributed by atoms with van der Waals surface area (Å²) in [6, 6.07) is 18.1. The first-order valence-electron chi connectivity index (χ1n) is 12.2. The van der Waals surface area contributed by atoms with Crippen LogP contribution in [0.15, 0.2) is 71.3 Å². The summed E-state index contributed by atoms with van der Waals surface area (Å²) in [5.41, 5.74) is 1.23. The standard InChI is InChI=1S/C28H28N4O6/c1-35-21-10-9-20(17-24(21)36-2)29-26(33)18-38-22-6-3-5-19-8-11-25(30-27(19)22)31-12-14-32(15-13-31)28(34)23-7-4-16-37-23/h3-11,16-17H,12-15,18H2,1-2H3,(H,29,33). The molecule has 38 heavy (non-hydrogen) atoms. The SMILES string of the molecule is COc1ccc(NC(=O)COc2cccc3ccc(N4CCN(C(=O)c5ccco5)CC4)nc23)cc1OC. The molecule has 0 saturated carbocycles. The van der Waals surface area contributed by atoms with Crippen LogP contribution in [0.1, 0.15) is 10.6 Å². The van der Waals surface area contributed by atoms with E-state index in [2.05, 4.69) is 10.2 Å². The summed E-state index contributed by atoms with van der Waals surface area (Å²) in [7, 11) is 3.09. The third kappa shape index (κ3) is 5.34. The van der Waals surface area contributed by atoms with Crippen molar-refractivity contribution in [1.29, 1.82) is 0 Å². The van der Waals surface area contributed by atoms with E-state index in [1.807, 2.05) is 24.3 Å². The molecule has 1 fully saturated rings. The van der Waals surface area contributed by atoms with Crippen LogP contribution in [-0.4, -0.2) is 68.7 Å². The lowest BCUT2D eigenvalue weighted by Crippen LogP contribution is -2.49. The molecule has 2 aromatic carbocycles. The van der Waals surface area contributed by atoms with Crippen LogP contribution in [0.4, 0.5) is 11.5 Å². The van der Waals surface area contributed by atoms with Crippen LogP contribution < -0.4 is 24.4 Å². The number of piperazine rings is 1. The van der Waals surface area contributed by atoms with Crippen molar-refractivity contribution in [1.82, 2.24) is 9.88 Å². The number of hydrogen-bond acceptors (Lipinski definition) is 8. The van der Waals surface area contributed by atoms with Gasteiger partial charge < -0.3 is 33.7 Å². The summed E-state index contributed by atoms with van der Waals surface area (Å²) in [5.74, 6) is 2.31. The summed E-state index contributed by atoms with van der Waals surface area (Å²) in [5, 5.41) is 3.71. The Hall–Kier alpha value is -4.73. The number of nitrogens with zero attached hydrogens (tertiary/aromatic N) is 3.